The average molecular weight is 473 g/mol. The third-order valence-electron chi connectivity index (χ3n) is 5.35. The number of nitrogens with zero attached hydrogens (tertiary/aromatic N) is 2. The van der Waals surface area contributed by atoms with E-state index in [0.29, 0.717) is 11.3 Å². The third-order valence-corrected chi connectivity index (χ3v) is 5.35. The van der Waals surface area contributed by atoms with Crippen molar-refractivity contribution in [3.05, 3.63) is 53.7 Å². The number of hydrogen-bond acceptors (Lipinski definition) is 6. The van der Waals surface area contributed by atoms with Gasteiger partial charge in [0.15, 0.2) is 0 Å². The summed E-state index contributed by atoms with van der Waals surface area (Å²) >= 11 is 0. The first-order valence-electron chi connectivity index (χ1n) is 11.1. The maximum Gasteiger partial charge on any atom is 0.416 e. The minimum Gasteiger partial charge on any atom is -0.488 e. The lowest BCUT2D eigenvalue weighted by molar-refractivity contribution is -0.137. The number of nitrogens with one attached hydrogen (secondary N) is 3. The molecule has 1 saturated heterocycles. The van der Waals surface area contributed by atoms with Gasteiger partial charge < -0.3 is 20.7 Å². The monoisotopic (exact) mass is 473 g/mol. The molecular weight excluding hydrogens is 447 g/mol. The van der Waals surface area contributed by atoms with Crippen molar-refractivity contribution >= 4 is 28.4 Å². The lowest BCUT2D eigenvalue weighted by atomic mass is 10.1. The standard InChI is InChI=1S/C24H26F3N5O2/c1-14(2)30-22(33)16-10-17(24(25,26)27)12-18(11-16)31-23-29-13-15-4-3-5-20(21(15)32-23)34-19-6-8-28-9-7-19/h3-5,10-14,19,28H,6-9H2,1-2H3,(H,30,33)(H,29,31,32). The van der Waals surface area contributed by atoms with Crippen molar-refractivity contribution in [2.45, 2.75) is 45.0 Å². The van der Waals surface area contributed by atoms with Crippen LogP contribution in [0.5, 0.6) is 5.75 Å². The molecule has 0 radical (unpaired) electrons. The second-order valence-electron chi connectivity index (χ2n) is 8.50. The van der Waals surface area contributed by atoms with Crippen LogP contribution in [0.1, 0.15) is 42.6 Å². The van der Waals surface area contributed by atoms with Crippen LogP contribution in [-0.2, 0) is 6.18 Å². The Labute approximate surface area is 195 Å². The molecule has 7 nitrogen and oxygen atoms in total. The number of aromatic nitrogens is 2. The number of para-hydroxylation sites is 1. The van der Waals surface area contributed by atoms with Gasteiger partial charge in [-0.3, -0.25) is 4.79 Å². The van der Waals surface area contributed by atoms with Gasteiger partial charge in [0.1, 0.15) is 17.4 Å². The zero-order valence-corrected chi connectivity index (χ0v) is 18.9. The molecule has 1 aliphatic rings. The highest BCUT2D eigenvalue weighted by atomic mass is 19.4. The number of ether oxygens (including phenoxy) is 1. The average Bonchev–Trinajstić information content (AvgIpc) is 2.79. The highest BCUT2D eigenvalue weighted by Gasteiger charge is 2.32. The summed E-state index contributed by atoms with van der Waals surface area (Å²) in [6.07, 6.45) is -1.23. The van der Waals surface area contributed by atoms with Crippen molar-refractivity contribution in [2.24, 2.45) is 0 Å². The van der Waals surface area contributed by atoms with Crippen LogP contribution in [0.3, 0.4) is 0 Å². The molecule has 34 heavy (non-hydrogen) atoms. The van der Waals surface area contributed by atoms with Crippen molar-refractivity contribution in [1.82, 2.24) is 20.6 Å². The second-order valence-corrected chi connectivity index (χ2v) is 8.50. The fourth-order valence-corrected chi connectivity index (χ4v) is 3.75. The van der Waals surface area contributed by atoms with Crippen LogP contribution in [0.4, 0.5) is 24.8 Å². The topological polar surface area (TPSA) is 88.2 Å². The summed E-state index contributed by atoms with van der Waals surface area (Å²) in [6.45, 7) is 5.22. The molecule has 2 aromatic carbocycles. The number of rotatable bonds is 6. The molecule has 0 aliphatic carbocycles. The maximum absolute atomic E-state index is 13.5. The summed E-state index contributed by atoms with van der Waals surface area (Å²) < 4.78 is 46.6. The number of halogens is 3. The highest BCUT2D eigenvalue weighted by Crippen LogP contribution is 2.33. The zero-order valence-electron chi connectivity index (χ0n) is 18.9. The van der Waals surface area contributed by atoms with Crippen LogP contribution in [0.2, 0.25) is 0 Å². The van der Waals surface area contributed by atoms with Gasteiger partial charge in [0, 0.05) is 28.9 Å². The van der Waals surface area contributed by atoms with E-state index >= 15 is 0 Å². The molecule has 10 heteroatoms. The smallest absolute Gasteiger partial charge is 0.416 e. The third kappa shape index (κ3) is 5.74. The molecule has 2 heterocycles. The molecule has 1 fully saturated rings. The Morgan fingerprint density at radius 1 is 1.18 bits per heavy atom. The number of amides is 1. The van der Waals surface area contributed by atoms with Crippen molar-refractivity contribution in [3.8, 4) is 5.75 Å². The van der Waals surface area contributed by atoms with Gasteiger partial charge >= 0.3 is 6.18 Å². The van der Waals surface area contributed by atoms with E-state index in [0.717, 1.165) is 43.5 Å². The summed E-state index contributed by atoms with van der Waals surface area (Å²) in [5.41, 5.74) is -0.438. The van der Waals surface area contributed by atoms with Gasteiger partial charge in [-0.15, -0.1) is 0 Å². The van der Waals surface area contributed by atoms with Crippen molar-refractivity contribution in [3.63, 3.8) is 0 Å². The van der Waals surface area contributed by atoms with E-state index in [1.54, 1.807) is 20.0 Å². The van der Waals surface area contributed by atoms with Crippen LogP contribution in [0.25, 0.3) is 10.9 Å². The van der Waals surface area contributed by atoms with Crippen LogP contribution in [0.15, 0.2) is 42.6 Å². The predicted molar refractivity (Wildman–Crippen MR) is 123 cm³/mol. The number of anilines is 2. The highest BCUT2D eigenvalue weighted by molar-refractivity contribution is 5.95. The number of carbonyl (C=O) groups excluding carboxylic acids is 1. The molecule has 1 aromatic heterocycles. The summed E-state index contributed by atoms with van der Waals surface area (Å²) in [4.78, 5) is 21.1. The van der Waals surface area contributed by atoms with Crippen LogP contribution in [-0.4, -0.2) is 41.1 Å². The quantitative estimate of drug-likeness (QED) is 0.483. The van der Waals surface area contributed by atoms with E-state index < -0.39 is 17.6 Å². The second kappa shape index (κ2) is 9.84. The largest absolute Gasteiger partial charge is 0.488 e. The first kappa shape index (κ1) is 23.7. The molecule has 0 saturated carbocycles. The first-order valence-corrected chi connectivity index (χ1v) is 11.1. The number of alkyl halides is 3. The van der Waals surface area contributed by atoms with Crippen LogP contribution in [0, 0.1) is 0 Å². The molecule has 180 valence electrons. The van der Waals surface area contributed by atoms with Gasteiger partial charge in [0.25, 0.3) is 5.91 Å². The predicted octanol–water partition coefficient (Wildman–Crippen LogP) is 4.66. The molecule has 1 amide bonds. The number of fused-ring (bicyclic) bond motifs is 1. The first-order chi connectivity index (χ1) is 16.2. The van der Waals surface area contributed by atoms with Gasteiger partial charge in [0.05, 0.1) is 5.56 Å². The SMILES string of the molecule is CC(C)NC(=O)c1cc(Nc2ncc3cccc(OC4CCNCC4)c3n2)cc(C(F)(F)F)c1. The Balaban J connectivity index is 1.65. The fraction of sp³-hybridized carbons (Fsp3) is 0.375. The van der Waals surface area contributed by atoms with Crippen molar-refractivity contribution in [2.75, 3.05) is 18.4 Å². The van der Waals surface area contributed by atoms with E-state index in [9.17, 15) is 18.0 Å². The number of hydrogen-bond donors (Lipinski definition) is 3. The lowest BCUT2D eigenvalue weighted by Gasteiger charge is -2.24. The van der Waals surface area contributed by atoms with E-state index in [1.807, 2.05) is 18.2 Å². The zero-order chi connectivity index (χ0) is 24.3. The molecule has 3 N–H and O–H groups in total. The van der Waals surface area contributed by atoms with E-state index in [1.165, 1.54) is 6.07 Å². The Bertz CT molecular complexity index is 1180. The summed E-state index contributed by atoms with van der Waals surface area (Å²) in [7, 11) is 0. The van der Waals surface area contributed by atoms with Gasteiger partial charge in [-0.25, -0.2) is 9.97 Å². The molecule has 3 aromatic rings. The molecular formula is C24H26F3N5O2. The summed E-state index contributed by atoms with van der Waals surface area (Å²) in [6, 6.07) is 8.39. The normalized spacial score (nSPS) is 14.9. The fourth-order valence-electron chi connectivity index (χ4n) is 3.75. The Hall–Kier alpha value is -3.40. The Kier molecular flexibility index (Phi) is 6.87. The maximum atomic E-state index is 13.5. The molecule has 0 unspecified atom stereocenters. The van der Waals surface area contributed by atoms with Gasteiger partial charge in [0.2, 0.25) is 5.95 Å². The number of benzene rings is 2. The number of carbonyl (C=O) groups is 1. The lowest BCUT2D eigenvalue weighted by Crippen LogP contribution is -2.34. The van der Waals surface area contributed by atoms with Crippen molar-refractivity contribution in [1.29, 1.82) is 0 Å². The van der Waals surface area contributed by atoms with Gasteiger partial charge in [-0.2, -0.15) is 13.2 Å². The van der Waals surface area contributed by atoms with E-state index in [4.69, 9.17) is 4.74 Å². The summed E-state index contributed by atoms with van der Waals surface area (Å²) in [5.74, 6) is 0.0977. The Morgan fingerprint density at radius 3 is 2.65 bits per heavy atom. The Morgan fingerprint density at radius 2 is 1.94 bits per heavy atom. The summed E-state index contributed by atoms with van der Waals surface area (Å²) in [5, 5.41) is 9.47. The van der Waals surface area contributed by atoms with Gasteiger partial charge in [-0.05, 0) is 64.0 Å². The van der Waals surface area contributed by atoms with Crippen LogP contribution >= 0.6 is 0 Å². The molecule has 0 bridgehead atoms. The molecule has 0 atom stereocenters. The number of piperidine rings is 1. The molecule has 1 aliphatic heterocycles. The minimum atomic E-state index is -4.62. The molecule has 4 rings (SSSR count). The molecule has 0 spiro atoms. The minimum absolute atomic E-state index is 0.0554. The van der Waals surface area contributed by atoms with Gasteiger partial charge in [-0.1, -0.05) is 12.1 Å². The van der Waals surface area contributed by atoms with Crippen molar-refractivity contribution < 1.29 is 22.7 Å². The van der Waals surface area contributed by atoms with Crippen LogP contribution < -0.4 is 20.7 Å². The van der Waals surface area contributed by atoms with E-state index in [-0.39, 0.29) is 29.3 Å². The van der Waals surface area contributed by atoms with E-state index in [2.05, 4.69) is 25.9 Å².